The fourth-order valence-electron chi connectivity index (χ4n) is 1.69. The average Bonchev–Trinajstić information content (AvgIpc) is 2.26. The molecule has 0 aliphatic carbocycles. The van der Waals surface area contributed by atoms with Gasteiger partial charge in [0.05, 0.1) is 5.70 Å². The molecule has 0 saturated carbocycles. The molecule has 0 rings (SSSR count). The number of nitrogens with zero attached hydrogens (tertiary/aromatic N) is 1. The molecule has 0 amide bonds. The predicted octanol–water partition coefficient (Wildman–Crippen LogP) is 3.77. The van der Waals surface area contributed by atoms with Crippen molar-refractivity contribution in [3.8, 4) is 0 Å². The second-order valence-electron chi connectivity index (χ2n) is 4.55. The molecule has 0 N–H and O–H groups in total. The first-order chi connectivity index (χ1) is 7.72. The molecule has 0 aliphatic rings. The minimum absolute atomic E-state index is 0.797. The third-order valence-electron chi connectivity index (χ3n) is 2.80. The van der Waals surface area contributed by atoms with Crippen LogP contribution in [0.3, 0.4) is 0 Å². The van der Waals surface area contributed by atoms with Crippen LogP contribution in [0.2, 0.25) is 0 Å². The lowest BCUT2D eigenvalue weighted by atomic mass is 10.1. The van der Waals surface area contributed by atoms with E-state index in [4.69, 9.17) is 0 Å². The summed E-state index contributed by atoms with van der Waals surface area (Å²) in [5, 5.41) is 0. The van der Waals surface area contributed by atoms with Crippen molar-refractivity contribution < 1.29 is 4.79 Å². The molecule has 0 aromatic rings. The highest BCUT2D eigenvalue weighted by Gasteiger charge is 1.96. The van der Waals surface area contributed by atoms with Crippen molar-refractivity contribution in [3.63, 3.8) is 0 Å². The third-order valence-corrected chi connectivity index (χ3v) is 2.80. The van der Waals surface area contributed by atoms with E-state index in [1.54, 1.807) is 0 Å². The quantitative estimate of drug-likeness (QED) is 0.320. The Morgan fingerprint density at radius 2 is 1.56 bits per heavy atom. The van der Waals surface area contributed by atoms with Crippen LogP contribution in [-0.2, 0) is 4.79 Å². The maximum Gasteiger partial charge on any atom is 0.165 e. The summed E-state index contributed by atoms with van der Waals surface area (Å²) in [5.41, 5.74) is 0.797. The molecule has 0 saturated heterocycles. The van der Waals surface area contributed by atoms with Crippen molar-refractivity contribution in [3.05, 3.63) is 11.8 Å². The van der Waals surface area contributed by atoms with Crippen LogP contribution in [0.25, 0.3) is 0 Å². The van der Waals surface area contributed by atoms with Crippen LogP contribution in [0, 0.1) is 0 Å². The summed E-state index contributed by atoms with van der Waals surface area (Å²) < 4.78 is 0. The number of hydrogen-bond donors (Lipinski definition) is 0. The van der Waals surface area contributed by atoms with E-state index in [9.17, 15) is 4.79 Å². The molecule has 0 atom stereocenters. The number of carbonyl (C=O) groups excluding carboxylic acids is 1. The second-order valence-corrected chi connectivity index (χ2v) is 4.55. The van der Waals surface area contributed by atoms with Crippen molar-refractivity contribution in [1.82, 2.24) is 4.90 Å². The topological polar surface area (TPSA) is 20.3 Å². The van der Waals surface area contributed by atoms with Crippen molar-refractivity contribution in [2.24, 2.45) is 0 Å². The van der Waals surface area contributed by atoms with E-state index in [0.29, 0.717) is 0 Å². The Labute approximate surface area is 101 Å². The minimum Gasteiger partial charge on any atom is -0.375 e. The molecule has 16 heavy (non-hydrogen) atoms. The van der Waals surface area contributed by atoms with Gasteiger partial charge in [0.15, 0.2) is 6.29 Å². The highest BCUT2D eigenvalue weighted by Crippen LogP contribution is 2.09. The summed E-state index contributed by atoms with van der Waals surface area (Å²) in [6.07, 6.45) is 13.3. The van der Waals surface area contributed by atoms with Crippen molar-refractivity contribution >= 4 is 6.29 Å². The summed E-state index contributed by atoms with van der Waals surface area (Å²) in [5.74, 6) is 0. The highest BCUT2D eigenvalue weighted by molar-refractivity contribution is 5.71. The summed E-state index contributed by atoms with van der Waals surface area (Å²) in [6, 6.07) is 0. The molecule has 0 aliphatic heterocycles. The zero-order valence-corrected chi connectivity index (χ0v) is 11.2. The summed E-state index contributed by atoms with van der Waals surface area (Å²) in [4.78, 5) is 12.5. The van der Waals surface area contributed by atoms with E-state index in [1.807, 2.05) is 25.1 Å². The summed E-state index contributed by atoms with van der Waals surface area (Å²) in [6.45, 7) is 2.24. The zero-order valence-electron chi connectivity index (χ0n) is 11.2. The lowest BCUT2D eigenvalue weighted by Gasteiger charge is -2.10. The number of carbonyl (C=O) groups is 1. The normalized spacial score (nSPS) is 11.6. The zero-order chi connectivity index (χ0) is 12.2. The van der Waals surface area contributed by atoms with E-state index >= 15 is 0 Å². The summed E-state index contributed by atoms with van der Waals surface area (Å²) >= 11 is 0. The maximum absolute atomic E-state index is 10.7. The number of unbranched alkanes of at least 4 members (excludes halogenated alkanes) is 7. The second kappa shape index (κ2) is 10.7. The van der Waals surface area contributed by atoms with Crippen LogP contribution in [0.15, 0.2) is 11.8 Å². The van der Waals surface area contributed by atoms with Crippen LogP contribution in [-0.4, -0.2) is 25.3 Å². The molecule has 2 nitrogen and oxygen atoms in total. The molecule has 0 heterocycles. The molecule has 0 fully saturated rings. The maximum atomic E-state index is 10.7. The SMILES string of the molecule is CCCCCCCCC/C=C(/C=O)N(C)C. The van der Waals surface area contributed by atoms with Crippen molar-refractivity contribution in [2.75, 3.05) is 14.1 Å². The van der Waals surface area contributed by atoms with Crippen molar-refractivity contribution in [2.45, 2.75) is 58.3 Å². The van der Waals surface area contributed by atoms with E-state index < -0.39 is 0 Å². The Bertz CT molecular complexity index is 197. The van der Waals surface area contributed by atoms with Gasteiger partial charge < -0.3 is 4.90 Å². The van der Waals surface area contributed by atoms with Gasteiger partial charge in [-0.3, -0.25) is 4.79 Å². The van der Waals surface area contributed by atoms with Gasteiger partial charge in [-0.2, -0.15) is 0 Å². The number of likely N-dealkylation sites (N-methyl/N-ethyl adjacent to an activating group) is 1. The van der Waals surface area contributed by atoms with Gasteiger partial charge in [0.1, 0.15) is 0 Å². The molecule has 0 spiro atoms. The Kier molecular flexibility index (Phi) is 10.2. The van der Waals surface area contributed by atoms with E-state index in [0.717, 1.165) is 18.4 Å². The highest BCUT2D eigenvalue weighted by atomic mass is 16.1. The van der Waals surface area contributed by atoms with Gasteiger partial charge in [0.25, 0.3) is 0 Å². The molecular weight excluding hydrogens is 198 g/mol. The minimum atomic E-state index is 0.797. The molecule has 0 aromatic heterocycles. The van der Waals surface area contributed by atoms with Crippen LogP contribution < -0.4 is 0 Å². The van der Waals surface area contributed by atoms with Gasteiger partial charge in [-0.15, -0.1) is 0 Å². The van der Waals surface area contributed by atoms with E-state index in [-0.39, 0.29) is 0 Å². The number of aldehydes is 1. The average molecular weight is 225 g/mol. The Morgan fingerprint density at radius 3 is 2.06 bits per heavy atom. The lowest BCUT2D eigenvalue weighted by molar-refractivity contribution is -0.105. The molecular formula is C14H27NO. The Balaban J connectivity index is 3.41. The van der Waals surface area contributed by atoms with Gasteiger partial charge in [-0.1, -0.05) is 51.5 Å². The van der Waals surface area contributed by atoms with Crippen LogP contribution in [0.4, 0.5) is 0 Å². The smallest absolute Gasteiger partial charge is 0.165 e. The molecule has 0 radical (unpaired) electrons. The molecule has 94 valence electrons. The van der Waals surface area contributed by atoms with Gasteiger partial charge in [-0.05, 0) is 12.8 Å². The summed E-state index contributed by atoms with van der Waals surface area (Å²) in [7, 11) is 3.82. The van der Waals surface area contributed by atoms with E-state index in [1.165, 1.54) is 44.9 Å². The third kappa shape index (κ3) is 8.51. The van der Waals surface area contributed by atoms with Crippen LogP contribution in [0.1, 0.15) is 58.3 Å². The largest absolute Gasteiger partial charge is 0.375 e. The van der Waals surface area contributed by atoms with Gasteiger partial charge in [0, 0.05) is 14.1 Å². The molecule has 0 aromatic carbocycles. The first kappa shape index (κ1) is 15.2. The lowest BCUT2D eigenvalue weighted by Crippen LogP contribution is -2.11. The van der Waals surface area contributed by atoms with Gasteiger partial charge in [-0.25, -0.2) is 0 Å². The number of rotatable bonds is 10. The van der Waals surface area contributed by atoms with Crippen molar-refractivity contribution in [1.29, 1.82) is 0 Å². The predicted molar refractivity (Wildman–Crippen MR) is 70.4 cm³/mol. The first-order valence-corrected chi connectivity index (χ1v) is 6.55. The number of hydrogen-bond acceptors (Lipinski definition) is 2. The van der Waals surface area contributed by atoms with Crippen LogP contribution in [0.5, 0.6) is 0 Å². The first-order valence-electron chi connectivity index (χ1n) is 6.55. The Hall–Kier alpha value is -0.790. The monoisotopic (exact) mass is 225 g/mol. The molecule has 0 bridgehead atoms. The van der Waals surface area contributed by atoms with Gasteiger partial charge >= 0.3 is 0 Å². The van der Waals surface area contributed by atoms with E-state index in [2.05, 4.69) is 6.92 Å². The van der Waals surface area contributed by atoms with Gasteiger partial charge in [0.2, 0.25) is 0 Å². The fourth-order valence-corrected chi connectivity index (χ4v) is 1.69. The fraction of sp³-hybridized carbons (Fsp3) is 0.786. The standard InChI is InChI=1S/C14H27NO/c1-4-5-6-7-8-9-10-11-12-14(13-16)15(2)3/h12-13H,4-11H2,1-3H3/b14-12-. The number of allylic oxidation sites excluding steroid dienone is 2. The molecule has 2 heteroatoms. The molecule has 0 unspecified atom stereocenters. The van der Waals surface area contributed by atoms with Crippen LogP contribution >= 0.6 is 0 Å². The Morgan fingerprint density at radius 1 is 1.00 bits per heavy atom.